The molecule has 0 aliphatic rings. The highest BCUT2D eigenvalue weighted by Gasteiger charge is 2.16. The zero-order chi connectivity index (χ0) is 18.0. The molecule has 0 aliphatic carbocycles. The minimum Gasteiger partial charge on any atom is -0.352 e. The molecule has 2 aromatic heterocycles. The number of amides is 1. The molecule has 0 saturated heterocycles. The zero-order valence-electron chi connectivity index (χ0n) is 14.9. The van der Waals surface area contributed by atoms with E-state index < -0.39 is 11.2 Å². The van der Waals surface area contributed by atoms with E-state index in [1.807, 2.05) is 6.92 Å². The molecule has 24 heavy (non-hydrogen) atoms. The van der Waals surface area contributed by atoms with Crippen LogP contribution in [0, 0.1) is 5.92 Å². The van der Waals surface area contributed by atoms with Crippen molar-refractivity contribution in [1.82, 2.24) is 24.0 Å². The van der Waals surface area contributed by atoms with E-state index in [4.69, 9.17) is 0 Å². The van der Waals surface area contributed by atoms with Crippen molar-refractivity contribution in [3.8, 4) is 0 Å². The summed E-state index contributed by atoms with van der Waals surface area (Å²) in [5.74, 6) is 0.410. The molecule has 0 fully saturated rings. The topological polar surface area (TPSA) is 90.9 Å². The van der Waals surface area contributed by atoms with Crippen LogP contribution < -0.4 is 16.6 Å². The summed E-state index contributed by atoms with van der Waals surface area (Å²) < 4.78 is 3.81. The highest BCUT2D eigenvalue weighted by molar-refractivity contribution is 5.79. The standard InChI is InChI=1S/C16H25N5O3/c1-10(2)6-7-11(3)18-12(22)8-21-9-17-14-13(21)15(23)20(5)16(24)19(14)4/h9-11H,6-8H2,1-5H3,(H,18,22). The number of aromatic nitrogens is 4. The van der Waals surface area contributed by atoms with Crippen LogP contribution in [-0.4, -0.2) is 30.6 Å². The van der Waals surface area contributed by atoms with Gasteiger partial charge in [0.25, 0.3) is 5.56 Å². The lowest BCUT2D eigenvalue weighted by atomic mass is 10.0. The lowest BCUT2D eigenvalue weighted by Crippen LogP contribution is -2.39. The number of carbonyl (C=O) groups is 1. The SMILES string of the molecule is CC(C)CCC(C)NC(=O)Cn1cnc2c1c(=O)n(C)c(=O)n2C. The Balaban J connectivity index is 2.21. The number of carbonyl (C=O) groups excluding carboxylic acids is 1. The van der Waals surface area contributed by atoms with Crippen LogP contribution in [0.3, 0.4) is 0 Å². The Hall–Kier alpha value is -2.38. The summed E-state index contributed by atoms with van der Waals surface area (Å²) in [7, 11) is 2.96. The van der Waals surface area contributed by atoms with Gasteiger partial charge >= 0.3 is 5.69 Å². The summed E-state index contributed by atoms with van der Waals surface area (Å²) in [6.45, 7) is 6.25. The average Bonchev–Trinajstić information content (AvgIpc) is 2.92. The summed E-state index contributed by atoms with van der Waals surface area (Å²) in [4.78, 5) is 40.6. The molecule has 0 aliphatic heterocycles. The second-order valence-corrected chi connectivity index (χ2v) is 6.69. The molecule has 2 aromatic rings. The van der Waals surface area contributed by atoms with Crippen LogP contribution in [0.5, 0.6) is 0 Å². The maximum Gasteiger partial charge on any atom is 0.332 e. The van der Waals surface area contributed by atoms with Gasteiger partial charge in [-0.05, 0) is 25.7 Å². The normalized spacial score (nSPS) is 12.8. The molecule has 1 amide bonds. The van der Waals surface area contributed by atoms with Crippen molar-refractivity contribution >= 4 is 17.1 Å². The molecule has 0 spiro atoms. The van der Waals surface area contributed by atoms with Crippen molar-refractivity contribution < 1.29 is 4.79 Å². The average molecular weight is 335 g/mol. The Morgan fingerprint density at radius 3 is 2.46 bits per heavy atom. The molecule has 2 heterocycles. The fourth-order valence-corrected chi connectivity index (χ4v) is 2.65. The van der Waals surface area contributed by atoms with E-state index in [0.29, 0.717) is 5.92 Å². The van der Waals surface area contributed by atoms with Crippen LogP contribution in [-0.2, 0) is 25.4 Å². The quantitative estimate of drug-likeness (QED) is 0.826. The first-order valence-corrected chi connectivity index (χ1v) is 8.12. The number of aryl methyl sites for hydroxylation is 1. The summed E-state index contributed by atoms with van der Waals surface area (Å²) >= 11 is 0. The third-order valence-electron chi connectivity index (χ3n) is 4.12. The Labute approximate surface area is 140 Å². The van der Waals surface area contributed by atoms with Gasteiger partial charge in [0.05, 0.1) is 6.33 Å². The monoisotopic (exact) mass is 335 g/mol. The van der Waals surface area contributed by atoms with Crippen molar-refractivity contribution in [2.45, 2.75) is 46.2 Å². The van der Waals surface area contributed by atoms with Crippen molar-refractivity contribution in [3.05, 3.63) is 27.2 Å². The highest BCUT2D eigenvalue weighted by atomic mass is 16.2. The van der Waals surface area contributed by atoms with E-state index in [0.717, 1.165) is 17.4 Å². The lowest BCUT2D eigenvalue weighted by Gasteiger charge is -2.15. The van der Waals surface area contributed by atoms with Gasteiger partial charge in [0, 0.05) is 20.1 Å². The minimum absolute atomic E-state index is 0.00401. The number of imidazole rings is 1. The fourth-order valence-electron chi connectivity index (χ4n) is 2.65. The molecule has 1 unspecified atom stereocenters. The van der Waals surface area contributed by atoms with E-state index in [1.54, 1.807) is 7.05 Å². The van der Waals surface area contributed by atoms with Crippen LogP contribution in [0.4, 0.5) is 0 Å². The van der Waals surface area contributed by atoms with E-state index in [2.05, 4.69) is 24.1 Å². The number of nitrogens with zero attached hydrogens (tertiary/aromatic N) is 4. The first-order chi connectivity index (χ1) is 11.2. The largest absolute Gasteiger partial charge is 0.352 e. The van der Waals surface area contributed by atoms with Crippen molar-refractivity contribution in [1.29, 1.82) is 0 Å². The zero-order valence-corrected chi connectivity index (χ0v) is 14.9. The first kappa shape index (κ1) is 18.0. The second kappa shape index (κ2) is 7.02. The lowest BCUT2D eigenvalue weighted by molar-refractivity contribution is -0.122. The first-order valence-electron chi connectivity index (χ1n) is 8.12. The smallest absolute Gasteiger partial charge is 0.332 e. The van der Waals surface area contributed by atoms with Gasteiger partial charge in [-0.25, -0.2) is 9.78 Å². The van der Waals surface area contributed by atoms with E-state index in [-0.39, 0.29) is 29.7 Å². The van der Waals surface area contributed by atoms with Gasteiger partial charge in [-0.3, -0.25) is 18.7 Å². The van der Waals surface area contributed by atoms with Crippen molar-refractivity contribution in [3.63, 3.8) is 0 Å². The molecule has 1 atom stereocenters. The number of hydrogen-bond donors (Lipinski definition) is 1. The molecule has 132 valence electrons. The van der Waals surface area contributed by atoms with Crippen LogP contribution in [0.2, 0.25) is 0 Å². The van der Waals surface area contributed by atoms with E-state index in [9.17, 15) is 14.4 Å². The Bertz CT molecular complexity index is 859. The molecule has 2 rings (SSSR count). The third kappa shape index (κ3) is 3.58. The molecule has 0 radical (unpaired) electrons. The van der Waals surface area contributed by atoms with Gasteiger partial charge in [-0.1, -0.05) is 13.8 Å². The van der Waals surface area contributed by atoms with Crippen LogP contribution in [0.25, 0.3) is 11.2 Å². The summed E-state index contributed by atoms with van der Waals surface area (Å²) in [5, 5.41) is 2.93. The number of nitrogens with one attached hydrogen (secondary N) is 1. The molecular formula is C16H25N5O3. The minimum atomic E-state index is -0.453. The summed E-state index contributed by atoms with van der Waals surface area (Å²) in [6.07, 6.45) is 3.37. The van der Waals surface area contributed by atoms with Gasteiger partial charge < -0.3 is 9.88 Å². The summed E-state index contributed by atoms with van der Waals surface area (Å²) in [6, 6.07) is 0.0712. The Kier molecular flexibility index (Phi) is 5.26. The third-order valence-corrected chi connectivity index (χ3v) is 4.12. The predicted octanol–water partition coefficient (Wildman–Crippen LogP) is 0.375. The van der Waals surface area contributed by atoms with Crippen molar-refractivity contribution in [2.24, 2.45) is 20.0 Å². The van der Waals surface area contributed by atoms with Gasteiger partial charge in [-0.2, -0.15) is 0 Å². The fraction of sp³-hybridized carbons (Fsp3) is 0.625. The van der Waals surface area contributed by atoms with Crippen molar-refractivity contribution in [2.75, 3.05) is 0 Å². The molecule has 8 heteroatoms. The maximum atomic E-state index is 12.3. The van der Waals surface area contributed by atoms with Crippen LogP contribution >= 0.6 is 0 Å². The number of hydrogen-bond acceptors (Lipinski definition) is 4. The maximum absolute atomic E-state index is 12.3. The molecule has 8 nitrogen and oxygen atoms in total. The molecular weight excluding hydrogens is 310 g/mol. The molecule has 0 bridgehead atoms. The molecule has 0 aromatic carbocycles. The van der Waals surface area contributed by atoms with E-state index >= 15 is 0 Å². The number of rotatable bonds is 6. The van der Waals surface area contributed by atoms with Gasteiger partial charge in [0.2, 0.25) is 5.91 Å². The van der Waals surface area contributed by atoms with Crippen LogP contribution in [0.15, 0.2) is 15.9 Å². The highest BCUT2D eigenvalue weighted by Crippen LogP contribution is 2.07. The van der Waals surface area contributed by atoms with Gasteiger partial charge in [0.1, 0.15) is 6.54 Å². The molecule has 1 N–H and O–H groups in total. The Morgan fingerprint density at radius 1 is 1.17 bits per heavy atom. The van der Waals surface area contributed by atoms with Gasteiger partial charge in [-0.15, -0.1) is 0 Å². The van der Waals surface area contributed by atoms with E-state index in [1.165, 1.54) is 22.5 Å². The van der Waals surface area contributed by atoms with Crippen LogP contribution in [0.1, 0.15) is 33.6 Å². The van der Waals surface area contributed by atoms with Gasteiger partial charge in [0.15, 0.2) is 11.2 Å². The summed E-state index contributed by atoms with van der Waals surface area (Å²) in [5.41, 5.74) is -0.357. The second-order valence-electron chi connectivity index (χ2n) is 6.69. The predicted molar refractivity (Wildman–Crippen MR) is 91.9 cm³/mol. The number of fused-ring (bicyclic) bond motifs is 1. The Morgan fingerprint density at radius 2 is 1.83 bits per heavy atom. The molecule has 0 saturated carbocycles.